The number of fused-ring (bicyclic) bond motifs is 2. The van der Waals surface area contributed by atoms with Crippen LogP contribution in [0.2, 0.25) is 0 Å². The zero-order chi connectivity index (χ0) is 21.4. The summed E-state index contributed by atoms with van der Waals surface area (Å²) in [6, 6.07) is -0.289. The molecule has 160 valence electrons. The molecule has 10 heteroatoms. The summed E-state index contributed by atoms with van der Waals surface area (Å²) in [5, 5.41) is 6.46. The van der Waals surface area contributed by atoms with Gasteiger partial charge in [0.05, 0.1) is 16.6 Å². The number of imidazole rings is 1. The Morgan fingerprint density at radius 1 is 1.13 bits per heavy atom. The van der Waals surface area contributed by atoms with Crippen LogP contribution in [0.5, 0.6) is 0 Å². The lowest BCUT2D eigenvalue weighted by Crippen LogP contribution is -2.30. The van der Waals surface area contributed by atoms with Crippen molar-refractivity contribution in [1.29, 1.82) is 0 Å². The van der Waals surface area contributed by atoms with E-state index >= 15 is 0 Å². The molecular formula is C21H23N7O2S. The molecule has 1 aliphatic carbocycles. The Morgan fingerprint density at radius 2 is 2.00 bits per heavy atom. The van der Waals surface area contributed by atoms with E-state index in [-0.39, 0.29) is 17.9 Å². The van der Waals surface area contributed by atoms with E-state index in [1.807, 2.05) is 13.1 Å². The van der Waals surface area contributed by atoms with E-state index in [0.29, 0.717) is 29.9 Å². The Labute approximate surface area is 183 Å². The number of amides is 2. The number of aromatic nitrogens is 5. The summed E-state index contributed by atoms with van der Waals surface area (Å²) in [5.41, 5.74) is 3.38. The zero-order valence-corrected chi connectivity index (χ0v) is 18.0. The van der Waals surface area contributed by atoms with Crippen LogP contribution in [0.3, 0.4) is 0 Å². The van der Waals surface area contributed by atoms with Crippen LogP contribution in [-0.2, 0) is 24.1 Å². The van der Waals surface area contributed by atoms with Crippen LogP contribution in [0.15, 0.2) is 12.5 Å². The standard InChI is InChI=1S/C21H23N7O2S/c1-11(25-20(30)17-12-7-8-16(29)28-18(12)24-10-23-17)21-22-9-15(31-21)19-26-13-5-3-2-4-6-14(13)27-19/h9-11H,2-8H2,1H3,(H,25,30)(H,26,27)(H,23,24,28,29)/t11-/m1/s1. The van der Waals surface area contributed by atoms with Gasteiger partial charge in [0, 0.05) is 23.9 Å². The van der Waals surface area contributed by atoms with Crippen LogP contribution in [0.25, 0.3) is 10.7 Å². The molecule has 0 saturated carbocycles. The number of hydrogen-bond acceptors (Lipinski definition) is 7. The highest BCUT2D eigenvalue weighted by atomic mass is 32.1. The van der Waals surface area contributed by atoms with Crippen LogP contribution in [0.4, 0.5) is 5.82 Å². The third-order valence-corrected chi connectivity index (χ3v) is 6.89. The maximum Gasteiger partial charge on any atom is 0.270 e. The topological polar surface area (TPSA) is 126 Å². The van der Waals surface area contributed by atoms with Gasteiger partial charge >= 0.3 is 0 Å². The Kier molecular flexibility index (Phi) is 5.23. The van der Waals surface area contributed by atoms with Crippen molar-refractivity contribution in [2.24, 2.45) is 0 Å². The van der Waals surface area contributed by atoms with Crippen LogP contribution in [0, 0.1) is 0 Å². The van der Waals surface area contributed by atoms with Gasteiger partial charge in [-0.3, -0.25) is 9.59 Å². The Morgan fingerprint density at radius 3 is 2.90 bits per heavy atom. The van der Waals surface area contributed by atoms with E-state index in [0.717, 1.165) is 28.6 Å². The van der Waals surface area contributed by atoms with Gasteiger partial charge in [-0.15, -0.1) is 11.3 Å². The van der Waals surface area contributed by atoms with Gasteiger partial charge in [0.15, 0.2) is 0 Å². The quantitative estimate of drug-likeness (QED) is 0.539. The summed E-state index contributed by atoms with van der Waals surface area (Å²) in [4.78, 5) is 46.4. The zero-order valence-electron chi connectivity index (χ0n) is 17.2. The minimum atomic E-state index is -0.302. The minimum Gasteiger partial charge on any atom is -0.342 e. The summed E-state index contributed by atoms with van der Waals surface area (Å²) in [7, 11) is 0. The van der Waals surface area contributed by atoms with Gasteiger partial charge in [-0.1, -0.05) is 6.42 Å². The van der Waals surface area contributed by atoms with Crippen molar-refractivity contribution >= 4 is 29.0 Å². The Bertz CT molecular complexity index is 1130. The number of nitrogens with one attached hydrogen (secondary N) is 3. The number of carbonyl (C=O) groups is 2. The van der Waals surface area contributed by atoms with Crippen molar-refractivity contribution < 1.29 is 9.59 Å². The molecule has 31 heavy (non-hydrogen) atoms. The van der Waals surface area contributed by atoms with Crippen molar-refractivity contribution in [1.82, 2.24) is 30.2 Å². The molecule has 1 atom stereocenters. The number of aryl methyl sites for hydroxylation is 2. The monoisotopic (exact) mass is 437 g/mol. The fraction of sp³-hybridized carbons (Fsp3) is 0.429. The average molecular weight is 438 g/mol. The first kappa shape index (κ1) is 19.8. The smallest absolute Gasteiger partial charge is 0.270 e. The van der Waals surface area contributed by atoms with E-state index in [9.17, 15) is 9.59 Å². The van der Waals surface area contributed by atoms with Crippen LogP contribution < -0.4 is 10.6 Å². The van der Waals surface area contributed by atoms with E-state index in [1.54, 1.807) is 0 Å². The first-order valence-corrected chi connectivity index (χ1v) is 11.4. The summed E-state index contributed by atoms with van der Waals surface area (Å²) in [6.45, 7) is 1.90. The molecule has 0 bridgehead atoms. The fourth-order valence-corrected chi connectivity index (χ4v) is 4.92. The molecule has 0 saturated heterocycles. The second kappa shape index (κ2) is 8.18. The number of rotatable bonds is 4. The number of H-pyrrole nitrogens is 1. The van der Waals surface area contributed by atoms with Crippen molar-refractivity contribution in [2.45, 2.75) is 57.9 Å². The third-order valence-electron chi connectivity index (χ3n) is 5.70. The molecule has 3 aromatic heterocycles. The van der Waals surface area contributed by atoms with Crippen LogP contribution >= 0.6 is 11.3 Å². The molecule has 3 aromatic rings. The van der Waals surface area contributed by atoms with E-state index in [2.05, 4.69) is 30.6 Å². The van der Waals surface area contributed by atoms with E-state index < -0.39 is 0 Å². The highest BCUT2D eigenvalue weighted by Crippen LogP contribution is 2.30. The molecule has 4 heterocycles. The Balaban J connectivity index is 1.31. The number of aromatic amines is 1. The molecule has 2 aliphatic rings. The molecule has 0 spiro atoms. The lowest BCUT2D eigenvalue weighted by atomic mass is 10.0. The number of hydrogen-bond donors (Lipinski definition) is 3. The molecule has 1 aliphatic heterocycles. The Hall–Kier alpha value is -3.14. The number of nitrogens with zero attached hydrogens (tertiary/aromatic N) is 4. The molecule has 0 aromatic carbocycles. The maximum absolute atomic E-state index is 12.9. The van der Waals surface area contributed by atoms with Gasteiger partial charge in [-0.2, -0.15) is 0 Å². The highest BCUT2D eigenvalue weighted by Gasteiger charge is 2.25. The molecule has 2 amide bonds. The third kappa shape index (κ3) is 3.95. The molecule has 0 fully saturated rings. The van der Waals surface area contributed by atoms with Gasteiger partial charge in [0.1, 0.15) is 28.7 Å². The van der Waals surface area contributed by atoms with E-state index in [1.165, 1.54) is 48.3 Å². The molecule has 9 nitrogen and oxygen atoms in total. The van der Waals surface area contributed by atoms with Crippen LogP contribution in [0.1, 0.15) is 71.1 Å². The van der Waals surface area contributed by atoms with Crippen molar-refractivity contribution in [2.75, 3.05) is 5.32 Å². The lowest BCUT2D eigenvalue weighted by molar-refractivity contribution is -0.116. The minimum absolute atomic E-state index is 0.100. The summed E-state index contributed by atoms with van der Waals surface area (Å²) in [6.07, 6.45) is 9.58. The van der Waals surface area contributed by atoms with E-state index in [4.69, 9.17) is 4.98 Å². The number of anilines is 1. The summed E-state index contributed by atoms with van der Waals surface area (Å²) >= 11 is 1.52. The summed E-state index contributed by atoms with van der Waals surface area (Å²) < 4.78 is 0. The molecular weight excluding hydrogens is 414 g/mol. The predicted octanol–water partition coefficient (Wildman–Crippen LogP) is 2.97. The van der Waals surface area contributed by atoms with Gasteiger partial charge in [-0.25, -0.2) is 19.9 Å². The van der Waals surface area contributed by atoms with Crippen molar-refractivity contribution in [3.8, 4) is 10.7 Å². The second-order valence-electron chi connectivity index (χ2n) is 7.93. The first-order chi connectivity index (χ1) is 15.1. The maximum atomic E-state index is 12.9. The second-order valence-corrected chi connectivity index (χ2v) is 8.99. The molecule has 5 rings (SSSR count). The molecule has 0 radical (unpaired) electrons. The normalized spacial score (nSPS) is 16.6. The molecule has 0 unspecified atom stereocenters. The fourth-order valence-electron chi connectivity index (χ4n) is 4.06. The summed E-state index contributed by atoms with van der Waals surface area (Å²) in [5.74, 6) is 0.869. The SMILES string of the molecule is C[C@@H](NC(=O)c1ncnc2c1CCC(=O)N2)c1ncc(-c2nc3c([nH]2)CCCCC3)s1. The van der Waals surface area contributed by atoms with Gasteiger partial charge in [-0.05, 0) is 39.0 Å². The highest BCUT2D eigenvalue weighted by molar-refractivity contribution is 7.15. The van der Waals surface area contributed by atoms with Crippen LogP contribution in [-0.4, -0.2) is 36.7 Å². The van der Waals surface area contributed by atoms with Gasteiger partial charge in [0.25, 0.3) is 5.91 Å². The first-order valence-electron chi connectivity index (χ1n) is 10.6. The number of thiazole rings is 1. The predicted molar refractivity (Wildman–Crippen MR) is 116 cm³/mol. The van der Waals surface area contributed by atoms with Crippen molar-refractivity contribution in [3.05, 3.63) is 40.2 Å². The van der Waals surface area contributed by atoms with Crippen molar-refractivity contribution in [3.63, 3.8) is 0 Å². The van der Waals surface area contributed by atoms with Gasteiger partial charge in [0.2, 0.25) is 5.91 Å². The molecule has 3 N–H and O–H groups in total. The number of carbonyl (C=O) groups excluding carboxylic acids is 2. The largest absolute Gasteiger partial charge is 0.342 e. The lowest BCUT2D eigenvalue weighted by Gasteiger charge is -2.18. The average Bonchev–Trinajstić information content (AvgIpc) is 3.35. The van der Waals surface area contributed by atoms with Gasteiger partial charge < -0.3 is 15.6 Å².